The predicted molar refractivity (Wildman–Crippen MR) is 65.2 cm³/mol. The molecule has 0 saturated carbocycles. The third-order valence-corrected chi connectivity index (χ3v) is 3.30. The number of nitro groups is 2. The van der Waals surface area contributed by atoms with Crippen molar-refractivity contribution >= 4 is 0 Å². The van der Waals surface area contributed by atoms with Crippen molar-refractivity contribution in [2.45, 2.75) is 25.9 Å². The maximum Gasteiger partial charge on any atom is 0.218 e. The van der Waals surface area contributed by atoms with Crippen LogP contribution in [0.5, 0.6) is 0 Å². The lowest BCUT2D eigenvalue weighted by molar-refractivity contribution is -0.486. The fourth-order valence-corrected chi connectivity index (χ4v) is 2.19. The number of piperazine rings is 1. The Hall–Kier alpha value is -1.41. The van der Waals surface area contributed by atoms with Gasteiger partial charge in [-0.15, -0.1) is 4.92 Å². The van der Waals surface area contributed by atoms with E-state index in [9.17, 15) is 20.2 Å². The molecule has 8 heteroatoms. The molecule has 1 heterocycles. The molecule has 0 N–H and O–H groups in total. The van der Waals surface area contributed by atoms with E-state index in [2.05, 4.69) is 4.90 Å². The minimum absolute atomic E-state index is 0.0590. The van der Waals surface area contributed by atoms with Crippen LogP contribution >= 0.6 is 0 Å². The zero-order valence-corrected chi connectivity index (χ0v) is 10.7. The first kappa shape index (κ1) is 14.7. The van der Waals surface area contributed by atoms with Crippen LogP contribution in [0.3, 0.4) is 0 Å². The zero-order chi connectivity index (χ0) is 13.7. The molecular weight excluding hydrogens is 240 g/mol. The fraction of sp³-hybridized carbons (Fsp3) is 0.900. The molecule has 1 rings (SSSR count). The van der Waals surface area contributed by atoms with Crippen molar-refractivity contribution in [2.24, 2.45) is 0 Å². The van der Waals surface area contributed by atoms with Crippen LogP contribution in [0.1, 0.15) is 13.8 Å². The number of hydrogen-bond donors (Lipinski definition) is 0. The normalized spacial score (nSPS) is 21.2. The van der Waals surface area contributed by atoms with Crippen LogP contribution in [0.15, 0.2) is 0 Å². The van der Waals surface area contributed by atoms with Gasteiger partial charge in [-0.25, -0.2) is 0 Å². The van der Waals surface area contributed by atoms with E-state index in [1.807, 2.05) is 11.8 Å². The van der Waals surface area contributed by atoms with Crippen LogP contribution in [0, 0.1) is 26.8 Å². The van der Waals surface area contributed by atoms with Crippen LogP contribution < -0.4 is 0 Å². The second-order valence-corrected chi connectivity index (χ2v) is 4.61. The van der Waals surface area contributed by atoms with E-state index in [-0.39, 0.29) is 23.6 Å². The van der Waals surface area contributed by atoms with E-state index in [0.717, 1.165) is 6.54 Å². The molecule has 2 atom stereocenters. The molecule has 8 nitrogen and oxygen atoms in total. The summed E-state index contributed by atoms with van der Waals surface area (Å²) in [5.74, 6) is 0. The van der Waals surface area contributed by atoms with Gasteiger partial charge in [-0.2, -0.15) is 0 Å². The summed E-state index contributed by atoms with van der Waals surface area (Å²) >= 11 is 0. The van der Waals surface area contributed by atoms with Crippen LogP contribution in [0.25, 0.3) is 0 Å². The molecule has 1 saturated heterocycles. The maximum absolute atomic E-state index is 10.4. The van der Waals surface area contributed by atoms with Crippen molar-refractivity contribution < 1.29 is 9.85 Å². The van der Waals surface area contributed by atoms with E-state index in [0.29, 0.717) is 26.2 Å². The van der Waals surface area contributed by atoms with Crippen molar-refractivity contribution in [3.05, 3.63) is 26.8 Å². The minimum atomic E-state index is -0.424. The molecule has 0 spiro atoms. The third kappa shape index (κ3) is 4.46. The Labute approximate surface area is 106 Å². The molecule has 1 fully saturated rings. The second-order valence-electron chi connectivity index (χ2n) is 4.61. The first-order valence-corrected chi connectivity index (χ1v) is 5.98. The van der Waals surface area contributed by atoms with Gasteiger partial charge in [-0.05, 0) is 19.5 Å². The number of rotatable bonds is 6. The SMILES string of the molecule is CC([CH-][N+](=O)[O-])N1CCN(C(C)C[N+](=O)[O-])CC1. The highest BCUT2D eigenvalue weighted by Crippen LogP contribution is 2.11. The van der Waals surface area contributed by atoms with E-state index in [1.165, 1.54) is 0 Å². The molecule has 0 aromatic heterocycles. The Balaban J connectivity index is 2.36. The smallest absolute Gasteiger partial charge is 0.218 e. The lowest BCUT2D eigenvalue weighted by Gasteiger charge is -2.41. The van der Waals surface area contributed by atoms with Gasteiger partial charge in [0.25, 0.3) is 0 Å². The summed E-state index contributed by atoms with van der Waals surface area (Å²) in [4.78, 5) is 24.2. The molecule has 1 aliphatic rings. The summed E-state index contributed by atoms with van der Waals surface area (Å²) in [7, 11) is 0. The number of nitrogens with zero attached hydrogens (tertiary/aromatic N) is 4. The molecule has 2 unspecified atom stereocenters. The van der Waals surface area contributed by atoms with Crippen LogP contribution in [0.2, 0.25) is 0 Å². The van der Waals surface area contributed by atoms with Gasteiger partial charge >= 0.3 is 0 Å². The van der Waals surface area contributed by atoms with Gasteiger partial charge in [-0.3, -0.25) is 25.1 Å². The average molecular weight is 259 g/mol. The van der Waals surface area contributed by atoms with E-state index in [1.54, 1.807) is 6.92 Å². The van der Waals surface area contributed by atoms with Gasteiger partial charge in [0, 0.05) is 31.1 Å². The summed E-state index contributed by atoms with van der Waals surface area (Å²) in [6, 6.07) is -0.287. The van der Waals surface area contributed by atoms with Crippen molar-refractivity contribution in [3.63, 3.8) is 0 Å². The highest BCUT2D eigenvalue weighted by Gasteiger charge is 2.24. The Morgan fingerprint density at radius 1 is 1.11 bits per heavy atom. The topological polar surface area (TPSA) is 92.8 Å². The van der Waals surface area contributed by atoms with Gasteiger partial charge in [0.1, 0.15) is 0 Å². The summed E-state index contributed by atoms with van der Waals surface area (Å²) in [5.41, 5.74) is 0. The monoisotopic (exact) mass is 259 g/mol. The lowest BCUT2D eigenvalue weighted by Crippen LogP contribution is -2.53. The quantitative estimate of drug-likeness (QED) is 0.381. The predicted octanol–water partition coefficient (Wildman–Crippen LogP) is 0.0962. The third-order valence-electron chi connectivity index (χ3n) is 3.30. The van der Waals surface area contributed by atoms with Crippen LogP contribution in [-0.4, -0.2) is 64.5 Å². The van der Waals surface area contributed by atoms with Gasteiger partial charge in [0.15, 0.2) is 0 Å². The fourth-order valence-electron chi connectivity index (χ4n) is 2.19. The highest BCUT2D eigenvalue weighted by molar-refractivity contribution is 4.81. The Morgan fingerprint density at radius 3 is 2.06 bits per heavy atom. The summed E-state index contributed by atoms with van der Waals surface area (Å²) < 4.78 is 0. The van der Waals surface area contributed by atoms with Crippen molar-refractivity contribution in [2.75, 3.05) is 32.7 Å². The molecule has 0 bridgehead atoms. The second kappa shape index (κ2) is 6.50. The summed E-state index contributed by atoms with van der Waals surface area (Å²) in [6.07, 6.45) is 0. The van der Waals surface area contributed by atoms with Gasteiger partial charge in [-0.1, -0.05) is 6.92 Å². The van der Waals surface area contributed by atoms with Crippen molar-refractivity contribution in [3.8, 4) is 0 Å². The standard InChI is InChI=1S/C10H19N4O4/c1-9(7-13(15)16)11-3-5-12(6-4-11)10(2)8-14(17)18/h7,9-10H,3-6,8H2,1-2H3/q-1. The first-order chi connectivity index (χ1) is 8.40. The van der Waals surface area contributed by atoms with Gasteiger partial charge in [0.2, 0.25) is 6.54 Å². The summed E-state index contributed by atoms with van der Waals surface area (Å²) in [5, 5.41) is 20.8. The molecule has 0 aliphatic carbocycles. The lowest BCUT2D eigenvalue weighted by atomic mass is 10.2. The molecular formula is C10H19N4O4-. The largest absolute Gasteiger partial charge is 0.320 e. The number of hydrogen-bond acceptors (Lipinski definition) is 6. The minimum Gasteiger partial charge on any atom is -0.320 e. The molecule has 1 aliphatic heterocycles. The highest BCUT2D eigenvalue weighted by atomic mass is 16.6. The van der Waals surface area contributed by atoms with Crippen molar-refractivity contribution in [1.82, 2.24) is 9.80 Å². The Kier molecular flexibility index (Phi) is 5.29. The molecule has 0 aromatic rings. The zero-order valence-electron chi connectivity index (χ0n) is 10.7. The molecule has 104 valence electrons. The van der Waals surface area contributed by atoms with E-state index in [4.69, 9.17) is 0 Å². The average Bonchev–Trinajstić information content (AvgIpc) is 2.27. The molecule has 0 radical (unpaired) electrons. The molecule has 18 heavy (non-hydrogen) atoms. The van der Waals surface area contributed by atoms with Crippen LogP contribution in [-0.2, 0) is 0 Å². The molecule has 0 aromatic carbocycles. The Morgan fingerprint density at radius 2 is 1.61 bits per heavy atom. The van der Waals surface area contributed by atoms with Crippen LogP contribution in [0.4, 0.5) is 0 Å². The van der Waals surface area contributed by atoms with Gasteiger partial charge in [0.05, 0.1) is 6.04 Å². The van der Waals surface area contributed by atoms with E-state index >= 15 is 0 Å². The maximum atomic E-state index is 10.4. The van der Waals surface area contributed by atoms with E-state index < -0.39 is 4.92 Å². The van der Waals surface area contributed by atoms with Crippen molar-refractivity contribution in [1.29, 1.82) is 0 Å². The first-order valence-electron chi connectivity index (χ1n) is 5.98. The Bertz CT molecular complexity index is 274. The molecule has 0 amide bonds. The van der Waals surface area contributed by atoms with Gasteiger partial charge < -0.3 is 4.90 Å². The summed E-state index contributed by atoms with van der Waals surface area (Å²) in [6.45, 7) is 7.48.